The number of amides is 1. The lowest BCUT2D eigenvalue weighted by Crippen LogP contribution is -2.20. The summed E-state index contributed by atoms with van der Waals surface area (Å²) in [5.41, 5.74) is -0.261. The number of alkyl halides is 3. The Morgan fingerprint density at radius 3 is 2.44 bits per heavy atom. The second-order valence-corrected chi connectivity index (χ2v) is 5.58. The molecule has 0 aromatic heterocycles. The van der Waals surface area contributed by atoms with E-state index in [1.807, 2.05) is 0 Å². The van der Waals surface area contributed by atoms with Crippen molar-refractivity contribution >= 4 is 28.7 Å². The molecule has 1 amide bonds. The number of nitrogens with one attached hydrogen (secondary N) is 1. The highest BCUT2D eigenvalue weighted by atomic mass is 19.4. The average molecular weight is 351 g/mol. The molecule has 1 N–H and O–H groups in total. The van der Waals surface area contributed by atoms with Crippen molar-refractivity contribution in [1.82, 2.24) is 0 Å². The average Bonchev–Trinajstić information content (AvgIpc) is 2.80. The van der Waals surface area contributed by atoms with Gasteiger partial charge < -0.3 is 10.2 Å². The normalized spacial score (nSPS) is 13.8. The second kappa shape index (κ2) is 5.76. The summed E-state index contributed by atoms with van der Waals surface area (Å²) in [4.78, 5) is 22.9. The van der Waals surface area contributed by atoms with Crippen LogP contribution >= 0.6 is 0 Å². The van der Waals surface area contributed by atoms with Crippen molar-refractivity contribution in [2.45, 2.75) is 12.6 Å². The number of likely N-dealkylation sites (N-methyl/N-ethyl adjacent to an activating group) is 1. The van der Waals surface area contributed by atoms with Gasteiger partial charge in [-0.2, -0.15) is 13.2 Å². The van der Waals surface area contributed by atoms with Gasteiger partial charge in [0.1, 0.15) is 5.56 Å². The number of rotatable bonds is 3. The van der Waals surface area contributed by atoms with E-state index in [-0.39, 0.29) is 18.0 Å². The van der Waals surface area contributed by atoms with Gasteiger partial charge in [0, 0.05) is 30.2 Å². The molecule has 9 heteroatoms. The largest absolute Gasteiger partial charge is 0.423 e. The van der Waals surface area contributed by atoms with E-state index in [9.17, 15) is 28.1 Å². The van der Waals surface area contributed by atoms with Crippen molar-refractivity contribution < 1.29 is 22.9 Å². The predicted molar refractivity (Wildman–Crippen MR) is 84.9 cm³/mol. The maximum Gasteiger partial charge on any atom is 0.423 e. The van der Waals surface area contributed by atoms with E-state index >= 15 is 0 Å². The Hall–Kier alpha value is -3.10. The zero-order valence-corrected chi connectivity index (χ0v) is 12.9. The van der Waals surface area contributed by atoms with Crippen LogP contribution < -0.4 is 10.2 Å². The zero-order chi connectivity index (χ0) is 18.4. The minimum atomic E-state index is -4.84. The van der Waals surface area contributed by atoms with Gasteiger partial charge in [0.05, 0.1) is 11.3 Å². The Labute approximate surface area is 140 Å². The van der Waals surface area contributed by atoms with Crippen LogP contribution in [0.1, 0.15) is 11.1 Å². The van der Waals surface area contributed by atoms with Crippen molar-refractivity contribution in [3.05, 3.63) is 57.6 Å². The number of hydrogen-bond donors (Lipinski definition) is 1. The number of anilines is 3. The number of nitro groups is 1. The van der Waals surface area contributed by atoms with Crippen molar-refractivity contribution in [3.63, 3.8) is 0 Å². The molecule has 0 unspecified atom stereocenters. The Morgan fingerprint density at radius 2 is 1.80 bits per heavy atom. The van der Waals surface area contributed by atoms with Crippen LogP contribution in [0, 0.1) is 10.1 Å². The summed E-state index contributed by atoms with van der Waals surface area (Å²) in [5, 5.41) is 13.6. The highest BCUT2D eigenvalue weighted by molar-refractivity contribution is 6.01. The lowest BCUT2D eigenvalue weighted by molar-refractivity contribution is -0.388. The van der Waals surface area contributed by atoms with Crippen LogP contribution in [0.15, 0.2) is 36.4 Å². The first kappa shape index (κ1) is 16.7. The number of halogens is 3. The van der Waals surface area contributed by atoms with E-state index in [4.69, 9.17) is 0 Å². The maximum atomic E-state index is 13.0. The third-order valence-electron chi connectivity index (χ3n) is 3.94. The molecular formula is C16H12F3N3O3. The molecule has 0 saturated heterocycles. The molecule has 0 aliphatic carbocycles. The van der Waals surface area contributed by atoms with E-state index in [2.05, 4.69) is 5.32 Å². The summed E-state index contributed by atoms with van der Waals surface area (Å²) in [6.45, 7) is 0. The molecule has 1 heterocycles. The summed E-state index contributed by atoms with van der Waals surface area (Å²) in [6.07, 6.45) is -4.62. The van der Waals surface area contributed by atoms with Gasteiger partial charge >= 0.3 is 6.18 Å². The minimum Gasteiger partial charge on any atom is -0.355 e. The van der Waals surface area contributed by atoms with Gasteiger partial charge in [-0.3, -0.25) is 14.9 Å². The van der Waals surface area contributed by atoms with E-state index in [1.165, 1.54) is 11.0 Å². The third-order valence-corrected chi connectivity index (χ3v) is 3.94. The fourth-order valence-corrected chi connectivity index (χ4v) is 2.71. The standard InChI is InChI=1S/C16H12F3N3O3/c1-21-13-4-2-10(6-9(13)7-15(21)23)20-11-3-5-14(22(24)25)12(8-11)16(17,18)19/h2-6,8,20H,7H2,1H3. The summed E-state index contributed by atoms with van der Waals surface area (Å²) >= 11 is 0. The van der Waals surface area contributed by atoms with E-state index in [0.29, 0.717) is 11.8 Å². The van der Waals surface area contributed by atoms with Gasteiger partial charge in [0.25, 0.3) is 5.69 Å². The number of fused-ring (bicyclic) bond motifs is 1. The zero-order valence-electron chi connectivity index (χ0n) is 12.9. The number of benzene rings is 2. The maximum absolute atomic E-state index is 13.0. The fourth-order valence-electron chi connectivity index (χ4n) is 2.71. The first-order chi connectivity index (χ1) is 11.7. The van der Waals surface area contributed by atoms with Crippen LogP contribution in [-0.2, 0) is 17.4 Å². The quantitative estimate of drug-likeness (QED) is 0.673. The number of nitrogens with zero attached hydrogens (tertiary/aromatic N) is 2. The Balaban J connectivity index is 1.93. The van der Waals surface area contributed by atoms with Crippen molar-refractivity contribution in [1.29, 1.82) is 0 Å². The molecule has 0 radical (unpaired) electrons. The number of carbonyl (C=O) groups is 1. The molecule has 2 aromatic carbocycles. The van der Waals surface area contributed by atoms with E-state index < -0.39 is 22.4 Å². The minimum absolute atomic E-state index is 0.0653. The van der Waals surface area contributed by atoms with Crippen LogP contribution in [0.3, 0.4) is 0 Å². The van der Waals surface area contributed by atoms with Gasteiger partial charge in [-0.1, -0.05) is 0 Å². The summed E-state index contributed by atoms with van der Waals surface area (Å²) < 4.78 is 39.1. The molecule has 0 spiro atoms. The second-order valence-electron chi connectivity index (χ2n) is 5.58. The van der Waals surface area contributed by atoms with Crippen LogP contribution in [0.5, 0.6) is 0 Å². The molecular weight excluding hydrogens is 339 g/mol. The molecule has 6 nitrogen and oxygen atoms in total. The third kappa shape index (κ3) is 3.12. The van der Waals surface area contributed by atoms with Gasteiger partial charge in [-0.05, 0) is 35.9 Å². The van der Waals surface area contributed by atoms with Crippen LogP contribution in [0.25, 0.3) is 0 Å². The predicted octanol–water partition coefficient (Wildman–Crippen LogP) is 3.88. The summed E-state index contributed by atoms with van der Waals surface area (Å²) in [7, 11) is 1.65. The fraction of sp³-hybridized carbons (Fsp3) is 0.188. The Morgan fingerprint density at radius 1 is 1.16 bits per heavy atom. The highest BCUT2D eigenvalue weighted by Gasteiger charge is 2.38. The van der Waals surface area contributed by atoms with Gasteiger partial charge in [0.2, 0.25) is 5.91 Å². The molecule has 3 rings (SSSR count). The Bertz CT molecular complexity index is 881. The molecule has 2 aromatic rings. The monoisotopic (exact) mass is 351 g/mol. The summed E-state index contributed by atoms with van der Waals surface area (Å²) in [5.74, 6) is -0.0677. The van der Waals surface area contributed by atoms with Gasteiger partial charge in [-0.15, -0.1) is 0 Å². The Kier molecular flexibility index (Phi) is 3.86. The first-order valence-electron chi connectivity index (χ1n) is 7.19. The van der Waals surface area contributed by atoms with Crippen LogP contribution in [0.2, 0.25) is 0 Å². The molecule has 1 aliphatic heterocycles. The lowest BCUT2D eigenvalue weighted by atomic mass is 10.1. The van der Waals surface area contributed by atoms with Crippen LogP contribution in [0.4, 0.5) is 35.9 Å². The number of nitro benzene ring substituents is 1. The number of carbonyl (C=O) groups excluding carboxylic acids is 1. The summed E-state index contributed by atoms with van der Waals surface area (Å²) in [6, 6.07) is 7.71. The van der Waals surface area contributed by atoms with Gasteiger partial charge in [0.15, 0.2) is 0 Å². The van der Waals surface area contributed by atoms with E-state index in [1.54, 1.807) is 25.2 Å². The molecule has 0 fully saturated rings. The lowest BCUT2D eigenvalue weighted by Gasteiger charge is -2.13. The number of hydrogen-bond acceptors (Lipinski definition) is 4. The van der Waals surface area contributed by atoms with E-state index in [0.717, 1.165) is 17.3 Å². The highest BCUT2D eigenvalue weighted by Crippen LogP contribution is 2.38. The molecule has 1 aliphatic rings. The van der Waals surface area contributed by atoms with Gasteiger partial charge in [-0.25, -0.2) is 0 Å². The van der Waals surface area contributed by atoms with Crippen molar-refractivity contribution in [2.75, 3.05) is 17.3 Å². The van der Waals surface area contributed by atoms with Crippen molar-refractivity contribution in [3.8, 4) is 0 Å². The molecule has 0 bridgehead atoms. The smallest absolute Gasteiger partial charge is 0.355 e. The molecule has 130 valence electrons. The van der Waals surface area contributed by atoms with Crippen molar-refractivity contribution in [2.24, 2.45) is 0 Å². The van der Waals surface area contributed by atoms with Crippen LogP contribution in [-0.4, -0.2) is 17.9 Å². The molecule has 0 saturated carbocycles. The molecule has 0 atom stereocenters. The topological polar surface area (TPSA) is 75.5 Å². The first-order valence-corrected chi connectivity index (χ1v) is 7.19. The SMILES string of the molecule is CN1C(=O)Cc2cc(Nc3ccc([N+](=O)[O-])c(C(F)(F)F)c3)ccc21. The molecule has 25 heavy (non-hydrogen) atoms.